The lowest BCUT2D eigenvalue weighted by Crippen LogP contribution is -2.43. The van der Waals surface area contributed by atoms with Crippen molar-refractivity contribution >= 4 is 0 Å². The lowest BCUT2D eigenvalue weighted by Gasteiger charge is -2.54. The summed E-state index contributed by atoms with van der Waals surface area (Å²) >= 11 is 0. The molecule has 0 aliphatic heterocycles. The second kappa shape index (κ2) is 3.05. The van der Waals surface area contributed by atoms with Gasteiger partial charge in [-0.25, -0.2) is 0 Å². The minimum absolute atomic E-state index is 0.644. The molecule has 0 atom stereocenters. The molecule has 0 aromatic carbocycles. The number of rotatable bonds is 3. The lowest BCUT2D eigenvalue weighted by molar-refractivity contribution is -0.0325. The Labute approximate surface area is 77.7 Å². The highest BCUT2D eigenvalue weighted by atomic mass is 14.5. The summed E-state index contributed by atoms with van der Waals surface area (Å²) in [4.78, 5) is 0. The highest BCUT2D eigenvalue weighted by Crippen LogP contribution is 2.58. The Balaban J connectivity index is 2.47. The second-order valence-electron chi connectivity index (χ2n) is 5.97. The SMILES string of the molecule is CCC1(CC(C)C)CC(C)(C)C1. The van der Waals surface area contributed by atoms with Gasteiger partial charge in [0.25, 0.3) is 0 Å². The zero-order chi connectivity index (χ0) is 9.41. The van der Waals surface area contributed by atoms with Gasteiger partial charge in [-0.15, -0.1) is 0 Å². The van der Waals surface area contributed by atoms with Crippen molar-refractivity contribution in [1.29, 1.82) is 0 Å². The molecule has 0 radical (unpaired) electrons. The fourth-order valence-corrected chi connectivity index (χ4v) is 3.38. The summed E-state index contributed by atoms with van der Waals surface area (Å²) in [5, 5.41) is 0. The van der Waals surface area contributed by atoms with E-state index in [-0.39, 0.29) is 0 Å². The third-order valence-corrected chi connectivity index (χ3v) is 3.30. The highest BCUT2D eigenvalue weighted by Gasteiger charge is 2.47. The molecular formula is C12H24. The monoisotopic (exact) mass is 168 g/mol. The van der Waals surface area contributed by atoms with Gasteiger partial charge in [-0.3, -0.25) is 0 Å². The summed E-state index contributed by atoms with van der Waals surface area (Å²) in [5.74, 6) is 0.876. The van der Waals surface area contributed by atoms with E-state index in [0.29, 0.717) is 5.41 Å². The van der Waals surface area contributed by atoms with Gasteiger partial charge in [0.1, 0.15) is 0 Å². The van der Waals surface area contributed by atoms with E-state index in [1.165, 1.54) is 25.7 Å². The fraction of sp³-hybridized carbons (Fsp3) is 1.00. The molecule has 1 fully saturated rings. The van der Waals surface area contributed by atoms with E-state index >= 15 is 0 Å². The van der Waals surface area contributed by atoms with Crippen molar-refractivity contribution in [2.75, 3.05) is 0 Å². The van der Waals surface area contributed by atoms with E-state index in [1.807, 2.05) is 0 Å². The van der Waals surface area contributed by atoms with Crippen LogP contribution in [-0.2, 0) is 0 Å². The normalized spacial score (nSPS) is 25.5. The fourth-order valence-electron chi connectivity index (χ4n) is 3.38. The highest BCUT2D eigenvalue weighted by molar-refractivity contribution is 4.98. The molecule has 0 spiro atoms. The van der Waals surface area contributed by atoms with Gasteiger partial charge in [0.05, 0.1) is 0 Å². The van der Waals surface area contributed by atoms with Gasteiger partial charge >= 0.3 is 0 Å². The first-order valence-corrected chi connectivity index (χ1v) is 5.39. The Morgan fingerprint density at radius 3 is 1.92 bits per heavy atom. The van der Waals surface area contributed by atoms with Crippen LogP contribution in [0.2, 0.25) is 0 Å². The van der Waals surface area contributed by atoms with Crippen molar-refractivity contribution in [3.8, 4) is 0 Å². The van der Waals surface area contributed by atoms with Crippen LogP contribution in [0.1, 0.15) is 60.3 Å². The summed E-state index contributed by atoms with van der Waals surface area (Å²) in [6, 6.07) is 0. The van der Waals surface area contributed by atoms with Gasteiger partial charge in [-0.05, 0) is 36.0 Å². The molecule has 1 rings (SSSR count). The third-order valence-electron chi connectivity index (χ3n) is 3.30. The van der Waals surface area contributed by atoms with Crippen molar-refractivity contribution < 1.29 is 0 Å². The van der Waals surface area contributed by atoms with Crippen LogP contribution in [0.25, 0.3) is 0 Å². The molecule has 0 amide bonds. The van der Waals surface area contributed by atoms with Crippen molar-refractivity contribution in [2.45, 2.75) is 60.3 Å². The van der Waals surface area contributed by atoms with Crippen LogP contribution in [0.4, 0.5) is 0 Å². The molecule has 0 heteroatoms. The van der Waals surface area contributed by atoms with Crippen LogP contribution in [0.15, 0.2) is 0 Å². The van der Waals surface area contributed by atoms with Crippen molar-refractivity contribution in [3.05, 3.63) is 0 Å². The molecule has 72 valence electrons. The molecule has 1 aliphatic carbocycles. The Hall–Kier alpha value is 0. The van der Waals surface area contributed by atoms with Crippen LogP contribution in [0, 0.1) is 16.7 Å². The van der Waals surface area contributed by atoms with E-state index in [4.69, 9.17) is 0 Å². The molecule has 0 unspecified atom stereocenters. The van der Waals surface area contributed by atoms with Crippen LogP contribution >= 0.6 is 0 Å². The van der Waals surface area contributed by atoms with Gasteiger partial charge in [0.15, 0.2) is 0 Å². The lowest BCUT2D eigenvalue weighted by atomic mass is 9.51. The largest absolute Gasteiger partial charge is 0.0649 e. The van der Waals surface area contributed by atoms with Crippen molar-refractivity contribution in [1.82, 2.24) is 0 Å². The molecule has 1 saturated carbocycles. The topological polar surface area (TPSA) is 0 Å². The average molecular weight is 168 g/mol. The predicted octanol–water partition coefficient (Wildman–Crippen LogP) is 4.25. The molecule has 0 aromatic heterocycles. The third kappa shape index (κ3) is 2.02. The molecule has 12 heavy (non-hydrogen) atoms. The standard InChI is InChI=1S/C12H24/c1-6-12(7-10(2)3)8-11(4,5)9-12/h10H,6-9H2,1-5H3. The quantitative estimate of drug-likeness (QED) is 0.591. The zero-order valence-corrected chi connectivity index (χ0v) is 9.41. The summed E-state index contributed by atoms with van der Waals surface area (Å²) in [5.41, 5.74) is 1.36. The van der Waals surface area contributed by atoms with E-state index in [0.717, 1.165) is 11.3 Å². The second-order valence-corrected chi connectivity index (χ2v) is 5.97. The molecule has 0 bridgehead atoms. The summed E-state index contributed by atoms with van der Waals surface area (Å²) < 4.78 is 0. The van der Waals surface area contributed by atoms with E-state index < -0.39 is 0 Å². The maximum atomic E-state index is 2.40. The number of hydrogen-bond donors (Lipinski definition) is 0. The van der Waals surface area contributed by atoms with E-state index in [1.54, 1.807) is 0 Å². The predicted molar refractivity (Wildman–Crippen MR) is 55.2 cm³/mol. The van der Waals surface area contributed by atoms with E-state index in [2.05, 4.69) is 34.6 Å². The molecule has 0 nitrogen and oxygen atoms in total. The van der Waals surface area contributed by atoms with Gasteiger partial charge < -0.3 is 0 Å². The van der Waals surface area contributed by atoms with Crippen LogP contribution in [-0.4, -0.2) is 0 Å². The van der Waals surface area contributed by atoms with Crippen molar-refractivity contribution in [3.63, 3.8) is 0 Å². The van der Waals surface area contributed by atoms with Gasteiger partial charge in [-0.1, -0.05) is 41.0 Å². The smallest absolute Gasteiger partial charge is 0.0288 e. The van der Waals surface area contributed by atoms with E-state index in [9.17, 15) is 0 Å². The summed E-state index contributed by atoms with van der Waals surface area (Å²) in [6.07, 6.45) is 5.73. The maximum Gasteiger partial charge on any atom is -0.0288 e. The van der Waals surface area contributed by atoms with Gasteiger partial charge in [0, 0.05) is 0 Å². The van der Waals surface area contributed by atoms with Gasteiger partial charge in [0.2, 0.25) is 0 Å². The molecule has 0 saturated heterocycles. The van der Waals surface area contributed by atoms with Gasteiger partial charge in [-0.2, -0.15) is 0 Å². The molecule has 0 N–H and O–H groups in total. The minimum atomic E-state index is 0.644. The van der Waals surface area contributed by atoms with Crippen LogP contribution in [0.3, 0.4) is 0 Å². The number of hydrogen-bond acceptors (Lipinski definition) is 0. The first-order chi connectivity index (χ1) is 5.39. The maximum absolute atomic E-state index is 2.40. The first kappa shape index (κ1) is 10.1. The summed E-state index contributed by atoms with van der Waals surface area (Å²) in [6.45, 7) is 11.9. The Kier molecular flexibility index (Phi) is 2.56. The first-order valence-electron chi connectivity index (χ1n) is 5.39. The average Bonchev–Trinajstić information content (AvgIpc) is 1.81. The van der Waals surface area contributed by atoms with Crippen molar-refractivity contribution in [2.24, 2.45) is 16.7 Å². The summed E-state index contributed by atoms with van der Waals surface area (Å²) in [7, 11) is 0. The molecule has 1 aliphatic rings. The van der Waals surface area contributed by atoms with Crippen LogP contribution < -0.4 is 0 Å². The Morgan fingerprint density at radius 2 is 1.67 bits per heavy atom. The van der Waals surface area contributed by atoms with Crippen LogP contribution in [0.5, 0.6) is 0 Å². The molecule has 0 aromatic rings. The minimum Gasteiger partial charge on any atom is -0.0649 e. The Morgan fingerprint density at radius 1 is 1.17 bits per heavy atom. The molecule has 0 heterocycles. The zero-order valence-electron chi connectivity index (χ0n) is 9.41. The Bertz CT molecular complexity index is 140. The molecular weight excluding hydrogens is 144 g/mol.